The van der Waals surface area contributed by atoms with Crippen molar-refractivity contribution in [3.63, 3.8) is 0 Å². The molecule has 0 spiro atoms. The lowest BCUT2D eigenvalue weighted by molar-refractivity contribution is -0.140. The lowest BCUT2D eigenvalue weighted by atomic mass is 10.1. The summed E-state index contributed by atoms with van der Waals surface area (Å²) in [5, 5.41) is 6.71. The van der Waals surface area contributed by atoms with Gasteiger partial charge in [0.15, 0.2) is 0 Å². The van der Waals surface area contributed by atoms with E-state index in [2.05, 4.69) is 20.4 Å². The number of hydrogen-bond acceptors (Lipinski definition) is 4. The van der Waals surface area contributed by atoms with Crippen LogP contribution in [0.4, 0.5) is 27.8 Å². The van der Waals surface area contributed by atoms with Crippen LogP contribution in [0.3, 0.4) is 0 Å². The Labute approximate surface area is 132 Å². The van der Waals surface area contributed by atoms with Crippen molar-refractivity contribution >= 4 is 11.6 Å². The summed E-state index contributed by atoms with van der Waals surface area (Å²) in [5.74, 6) is -1.99. The topological polar surface area (TPSA) is 55.1 Å². The molecule has 126 valence electrons. The van der Waals surface area contributed by atoms with E-state index in [9.17, 15) is 22.0 Å². The highest BCUT2D eigenvalue weighted by molar-refractivity contribution is 5.45. The Kier molecular flexibility index (Phi) is 3.82. The normalized spacial score (nSPS) is 11.9. The summed E-state index contributed by atoms with van der Waals surface area (Å²) in [4.78, 5) is 8.02. The standard InChI is InChI=1S/C14H10F5N5/c1-7-2-12(24-13(23-7)21-6-22-24)20-5-8-3-11(16)9(4-10(8)15)14(17,18)19/h2-4,6,20H,5H2,1H3. The number of aromatic nitrogens is 4. The average molecular weight is 343 g/mol. The maximum Gasteiger partial charge on any atom is 0.419 e. The van der Waals surface area contributed by atoms with Crippen LogP contribution in [0.25, 0.3) is 5.78 Å². The summed E-state index contributed by atoms with van der Waals surface area (Å²) in [6.07, 6.45) is -3.68. The third kappa shape index (κ3) is 2.99. The van der Waals surface area contributed by atoms with Crippen molar-refractivity contribution in [2.45, 2.75) is 19.6 Å². The van der Waals surface area contributed by atoms with Gasteiger partial charge in [0.25, 0.3) is 5.78 Å². The first kappa shape index (κ1) is 16.1. The molecule has 0 atom stereocenters. The number of benzene rings is 1. The van der Waals surface area contributed by atoms with E-state index in [1.807, 2.05) is 0 Å². The number of alkyl halides is 3. The number of halogens is 5. The summed E-state index contributed by atoms with van der Waals surface area (Å²) in [6, 6.07) is 2.27. The van der Waals surface area contributed by atoms with Crippen LogP contribution in [0.1, 0.15) is 16.8 Å². The van der Waals surface area contributed by atoms with Crippen LogP contribution in [0.2, 0.25) is 0 Å². The minimum atomic E-state index is -4.95. The third-order valence-electron chi connectivity index (χ3n) is 3.28. The second kappa shape index (κ2) is 5.69. The maximum absolute atomic E-state index is 13.8. The van der Waals surface area contributed by atoms with Gasteiger partial charge in [0.2, 0.25) is 0 Å². The number of nitrogens with zero attached hydrogens (tertiary/aromatic N) is 4. The van der Waals surface area contributed by atoms with Crippen molar-refractivity contribution in [2.24, 2.45) is 0 Å². The first-order valence-corrected chi connectivity index (χ1v) is 6.72. The van der Waals surface area contributed by atoms with Gasteiger partial charge >= 0.3 is 6.18 Å². The van der Waals surface area contributed by atoms with E-state index in [0.29, 0.717) is 23.4 Å². The fourth-order valence-electron chi connectivity index (χ4n) is 2.18. The Morgan fingerprint density at radius 3 is 2.58 bits per heavy atom. The number of rotatable bonds is 3. The molecule has 0 unspecified atom stereocenters. The number of nitrogens with one attached hydrogen (secondary N) is 1. The van der Waals surface area contributed by atoms with Crippen LogP contribution in [-0.4, -0.2) is 19.6 Å². The van der Waals surface area contributed by atoms with E-state index in [1.54, 1.807) is 13.0 Å². The Balaban J connectivity index is 1.89. The lowest BCUT2D eigenvalue weighted by Gasteiger charge is -2.12. The zero-order valence-corrected chi connectivity index (χ0v) is 12.2. The van der Waals surface area contributed by atoms with Gasteiger partial charge in [0.05, 0.1) is 5.56 Å². The Morgan fingerprint density at radius 2 is 1.88 bits per heavy atom. The molecule has 3 rings (SSSR count). The van der Waals surface area contributed by atoms with Crippen LogP contribution in [0.5, 0.6) is 0 Å². The van der Waals surface area contributed by atoms with Gasteiger partial charge in [0, 0.05) is 23.9 Å². The molecule has 0 aliphatic carbocycles. The highest BCUT2D eigenvalue weighted by atomic mass is 19.4. The molecule has 24 heavy (non-hydrogen) atoms. The molecule has 0 saturated carbocycles. The number of hydrogen-bond donors (Lipinski definition) is 1. The molecule has 0 amide bonds. The van der Waals surface area contributed by atoms with Gasteiger partial charge in [-0.2, -0.15) is 27.8 Å². The van der Waals surface area contributed by atoms with Gasteiger partial charge in [-0.1, -0.05) is 0 Å². The highest BCUT2D eigenvalue weighted by Crippen LogP contribution is 2.32. The van der Waals surface area contributed by atoms with E-state index in [1.165, 1.54) is 10.8 Å². The largest absolute Gasteiger partial charge is 0.419 e. The third-order valence-corrected chi connectivity index (χ3v) is 3.28. The Bertz CT molecular complexity index is 902. The van der Waals surface area contributed by atoms with E-state index in [4.69, 9.17) is 0 Å². The van der Waals surface area contributed by atoms with Crippen molar-refractivity contribution in [3.05, 3.63) is 53.0 Å². The summed E-state index contributed by atoms with van der Waals surface area (Å²) < 4.78 is 66.4. The molecule has 3 aromatic rings. The zero-order chi connectivity index (χ0) is 17.5. The molecule has 0 aliphatic heterocycles. The second-order valence-electron chi connectivity index (χ2n) is 5.03. The molecule has 0 bridgehead atoms. The van der Waals surface area contributed by atoms with Crippen molar-refractivity contribution in [1.29, 1.82) is 0 Å². The molecule has 0 saturated heterocycles. The summed E-state index contributed by atoms with van der Waals surface area (Å²) in [5.41, 5.74) is -1.28. The van der Waals surface area contributed by atoms with Crippen molar-refractivity contribution < 1.29 is 22.0 Å². The average Bonchev–Trinajstić information content (AvgIpc) is 2.94. The van der Waals surface area contributed by atoms with Crippen molar-refractivity contribution in [3.8, 4) is 0 Å². The molecule has 5 nitrogen and oxygen atoms in total. The lowest BCUT2D eigenvalue weighted by Crippen LogP contribution is -2.12. The first-order chi connectivity index (χ1) is 11.3. The van der Waals surface area contributed by atoms with Gasteiger partial charge in [-0.05, 0) is 19.1 Å². The molecule has 0 radical (unpaired) electrons. The predicted octanol–water partition coefficient (Wildman–Crippen LogP) is 3.34. The Morgan fingerprint density at radius 1 is 1.12 bits per heavy atom. The van der Waals surface area contributed by atoms with Gasteiger partial charge in [-0.15, -0.1) is 0 Å². The quantitative estimate of drug-likeness (QED) is 0.741. The number of fused-ring (bicyclic) bond motifs is 1. The van der Waals surface area contributed by atoms with Crippen LogP contribution >= 0.6 is 0 Å². The van der Waals surface area contributed by atoms with Crippen LogP contribution < -0.4 is 5.32 Å². The monoisotopic (exact) mass is 343 g/mol. The van der Waals surface area contributed by atoms with E-state index >= 15 is 0 Å². The minimum Gasteiger partial charge on any atom is -0.366 e. The smallest absolute Gasteiger partial charge is 0.366 e. The molecular weight excluding hydrogens is 333 g/mol. The molecule has 2 aromatic heterocycles. The van der Waals surface area contributed by atoms with Crippen LogP contribution in [0, 0.1) is 18.6 Å². The summed E-state index contributed by atoms with van der Waals surface area (Å²) in [6.45, 7) is 1.47. The fraction of sp³-hybridized carbons (Fsp3) is 0.214. The number of anilines is 1. The van der Waals surface area contributed by atoms with E-state index in [0.717, 1.165) is 0 Å². The summed E-state index contributed by atoms with van der Waals surface area (Å²) in [7, 11) is 0. The van der Waals surface area contributed by atoms with E-state index in [-0.39, 0.29) is 18.2 Å². The van der Waals surface area contributed by atoms with Crippen LogP contribution in [0.15, 0.2) is 24.5 Å². The molecule has 1 aromatic carbocycles. The molecule has 10 heteroatoms. The Hall–Kier alpha value is -2.78. The van der Waals surface area contributed by atoms with Gasteiger partial charge in [-0.25, -0.2) is 13.8 Å². The van der Waals surface area contributed by atoms with Crippen LogP contribution in [-0.2, 0) is 12.7 Å². The molecule has 0 fully saturated rings. The summed E-state index contributed by atoms with van der Waals surface area (Å²) >= 11 is 0. The van der Waals surface area contributed by atoms with E-state index < -0.39 is 23.4 Å². The first-order valence-electron chi connectivity index (χ1n) is 6.72. The zero-order valence-electron chi connectivity index (χ0n) is 12.2. The van der Waals surface area contributed by atoms with Gasteiger partial charge in [-0.3, -0.25) is 0 Å². The fourth-order valence-corrected chi connectivity index (χ4v) is 2.18. The maximum atomic E-state index is 13.8. The van der Waals surface area contributed by atoms with Gasteiger partial charge < -0.3 is 5.32 Å². The highest BCUT2D eigenvalue weighted by Gasteiger charge is 2.35. The molecule has 2 heterocycles. The van der Waals surface area contributed by atoms with Crippen molar-refractivity contribution in [1.82, 2.24) is 19.6 Å². The second-order valence-corrected chi connectivity index (χ2v) is 5.03. The SMILES string of the molecule is Cc1cc(NCc2cc(F)c(C(F)(F)F)cc2F)n2ncnc2n1. The van der Waals surface area contributed by atoms with Crippen molar-refractivity contribution in [2.75, 3.05) is 5.32 Å². The predicted molar refractivity (Wildman–Crippen MR) is 74.2 cm³/mol. The van der Waals surface area contributed by atoms with Gasteiger partial charge in [0.1, 0.15) is 23.8 Å². The molecular formula is C14H10F5N5. The minimum absolute atomic E-state index is 0.148. The molecule has 1 N–H and O–H groups in total. The number of aryl methyl sites for hydroxylation is 1. The molecule has 0 aliphatic rings.